The van der Waals surface area contributed by atoms with Crippen LogP contribution in [0, 0.1) is 0 Å². The van der Waals surface area contributed by atoms with Crippen molar-refractivity contribution in [3.05, 3.63) is 0 Å². The van der Waals surface area contributed by atoms with Gasteiger partial charge >= 0.3 is 17.7 Å². The molecule has 0 saturated heterocycles. The van der Waals surface area contributed by atoms with Crippen LogP contribution in [0.4, 0.5) is 0 Å². The third kappa shape index (κ3) is 4.92. The van der Waals surface area contributed by atoms with Crippen LogP contribution in [-0.4, -0.2) is 41.8 Å². The quantitative estimate of drug-likeness (QED) is 0.340. The van der Waals surface area contributed by atoms with Crippen LogP contribution in [0.2, 0.25) is 0 Å². The van der Waals surface area contributed by atoms with Crippen molar-refractivity contribution in [1.82, 2.24) is 0 Å². The molecule has 98 valence electrons. The molecule has 0 fully saturated rings. The van der Waals surface area contributed by atoms with Gasteiger partial charge < -0.3 is 20.3 Å². The highest BCUT2D eigenvalue weighted by Crippen LogP contribution is 2.20. The van der Waals surface area contributed by atoms with E-state index in [9.17, 15) is 19.5 Å². The first-order chi connectivity index (χ1) is 7.88. The minimum Gasteiger partial charge on any atom is -0.413 e. The van der Waals surface area contributed by atoms with Crippen LogP contribution >= 0.6 is 0 Å². The van der Waals surface area contributed by atoms with Crippen LogP contribution in [-0.2, 0) is 23.9 Å². The largest absolute Gasteiger partial charge is 0.413 e. The van der Waals surface area contributed by atoms with Crippen LogP contribution in [0.15, 0.2) is 0 Å². The van der Waals surface area contributed by atoms with E-state index in [4.69, 9.17) is 5.73 Å². The first-order valence-corrected chi connectivity index (χ1v) is 5.11. The number of aliphatic hydroxyl groups is 1. The molecule has 3 N–H and O–H groups in total. The molecule has 0 aromatic rings. The molecule has 0 radical (unpaired) electrons. The number of aliphatic hydroxyl groups excluding tert-OH is 1. The Bertz CT molecular complexity index is 275. The summed E-state index contributed by atoms with van der Waals surface area (Å²) in [7, 11) is 0. The summed E-state index contributed by atoms with van der Waals surface area (Å²) >= 11 is 0. The van der Waals surface area contributed by atoms with Crippen molar-refractivity contribution in [2.75, 3.05) is 6.54 Å². The van der Waals surface area contributed by atoms with Crippen molar-refractivity contribution in [3.63, 3.8) is 0 Å². The molecule has 1 atom stereocenters. The Balaban J connectivity index is 4.94. The highest BCUT2D eigenvalue weighted by Gasteiger charge is 2.44. The minimum atomic E-state index is -2.28. The standard InChI is InChI=1S/C10H17NO6/c1-7(13)16-10(6-12,17-8(2)14)9(15)4-3-5-11/h6,9,15H,3-5,11H2,1-2H3. The summed E-state index contributed by atoms with van der Waals surface area (Å²) in [6.45, 7) is 2.36. The van der Waals surface area contributed by atoms with Crippen molar-refractivity contribution in [2.45, 2.75) is 38.6 Å². The first-order valence-electron chi connectivity index (χ1n) is 5.11. The molecule has 0 saturated carbocycles. The van der Waals surface area contributed by atoms with E-state index in [1.165, 1.54) is 0 Å². The molecule has 0 heterocycles. The molecule has 1 unspecified atom stereocenters. The lowest BCUT2D eigenvalue weighted by molar-refractivity contribution is -0.244. The van der Waals surface area contributed by atoms with Crippen LogP contribution in [0.5, 0.6) is 0 Å². The van der Waals surface area contributed by atoms with Gasteiger partial charge in [-0.25, -0.2) is 0 Å². The van der Waals surface area contributed by atoms with Crippen molar-refractivity contribution in [2.24, 2.45) is 5.73 Å². The van der Waals surface area contributed by atoms with Crippen molar-refractivity contribution in [1.29, 1.82) is 0 Å². The molecule has 0 aromatic heterocycles. The van der Waals surface area contributed by atoms with Gasteiger partial charge in [0.25, 0.3) is 0 Å². The fourth-order valence-electron chi connectivity index (χ4n) is 1.25. The minimum absolute atomic E-state index is 0.0653. The monoisotopic (exact) mass is 247 g/mol. The number of rotatable bonds is 7. The Kier molecular flexibility index (Phi) is 6.37. The Morgan fingerprint density at radius 3 is 2.12 bits per heavy atom. The van der Waals surface area contributed by atoms with Gasteiger partial charge in [-0.15, -0.1) is 0 Å². The van der Waals surface area contributed by atoms with E-state index < -0.39 is 23.8 Å². The molecule has 0 aliphatic carbocycles. The zero-order valence-corrected chi connectivity index (χ0v) is 9.84. The molecular formula is C10H17NO6. The molecular weight excluding hydrogens is 230 g/mol. The molecule has 0 spiro atoms. The third-order valence-corrected chi connectivity index (χ3v) is 1.92. The predicted molar refractivity (Wildman–Crippen MR) is 56.6 cm³/mol. The average Bonchev–Trinajstić information content (AvgIpc) is 2.23. The van der Waals surface area contributed by atoms with E-state index >= 15 is 0 Å². The van der Waals surface area contributed by atoms with Gasteiger partial charge in [-0.1, -0.05) is 0 Å². The lowest BCUT2D eigenvalue weighted by atomic mass is 10.1. The topological polar surface area (TPSA) is 116 Å². The van der Waals surface area contributed by atoms with Crippen molar-refractivity contribution >= 4 is 18.2 Å². The van der Waals surface area contributed by atoms with E-state index in [-0.39, 0.29) is 19.3 Å². The highest BCUT2D eigenvalue weighted by molar-refractivity contribution is 5.76. The maximum Gasteiger partial charge on any atom is 0.339 e. The molecule has 17 heavy (non-hydrogen) atoms. The van der Waals surface area contributed by atoms with E-state index in [1.807, 2.05) is 0 Å². The van der Waals surface area contributed by atoms with E-state index in [1.54, 1.807) is 0 Å². The Morgan fingerprint density at radius 2 is 1.82 bits per heavy atom. The summed E-state index contributed by atoms with van der Waals surface area (Å²) in [6.07, 6.45) is -0.900. The molecule has 7 heteroatoms. The van der Waals surface area contributed by atoms with E-state index in [0.29, 0.717) is 6.42 Å². The van der Waals surface area contributed by atoms with Gasteiger partial charge in [-0.3, -0.25) is 14.4 Å². The molecule has 0 aromatic carbocycles. The Labute approximate surface area is 98.9 Å². The number of esters is 2. The zero-order chi connectivity index (χ0) is 13.5. The molecule has 0 amide bonds. The Hall–Kier alpha value is -1.47. The number of aldehydes is 1. The van der Waals surface area contributed by atoms with Crippen LogP contribution in [0.1, 0.15) is 26.7 Å². The number of carbonyl (C=O) groups is 3. The number of carbonyl (C=O) groups excluding carboxylic acids is 3. The van der Waals surface area contributed by atoms with E-state index in [2.05, 4.69) is 9.47 Å². The lowest BCUT2D eigenvalue weighted by Gasteiger charge is -2.30. The Morgan fingerprint density at radius 1 is 1.35 bits per heavy atom. The van der Waals surface area contributed by atoms with Crippen molar-refractivity contribution in [3.8, 4) is 0 Å². The van der Waals surface area contributed by atoms with Gasteiger partial charge in [0.2, 0.25) is 6.29 Å². The van der Waals surface area contributed by atoms with Crippen molar-refractivity contribution < 1.29 is 29.0 Å². The fraction of sp³-hybridized carbons (Fsp3) is 0.700. The molecule has 0 rings (SSSR count). The summed E-state index contributed by atoms with van der Waals surface area (Å²) in [5, 5.41) is 9.75. The number of nitrogens with two attached hydrogens (primary N) is 1. The summed E-state index contributed by atoms with van der Waals surface area (Å²) in [5.41, 5.74) is 5.25. The fourth-order valence-corrected chi connectivity index (χ4v) is 1.25. The molecule has 7 nitrogen and oxygen atoms in total. The zero-order valence-electron chi connectivity index (χ0n) is 9.84. The van der Waals surface area contributed by atoms with Crippen LogP contribution in [0.25, 0.3) is 0 Å². The molecule has 0 bridgehead atoms. The van der Waals surface area contributed by atoms with Crippen LogP contribution < -0.4 is 5.73 Å². The third-order valence-electron chi connectivity index (χ3n) is 1.92. The summed E-state index contributed by atoms with van der Waals surface area (Å²) in [5.74, 6) is -3.97. The van der Waals surface area contributed by atoms with Gasteiger partial charge in [0, 0.05) is 13.8 Å². The van der Waals surface area contributed by atoms with Gasteiger partial charge in [-0.2, -0.15) is 0 Å². The predicted octanol–water partition coefficient (Wildman–Crippen LogP) is -0.892. The molecule has 0 aliphatic rings. The highest BCUT2D eigenvalue weighted by atomic mass is 16.7. The second-order valence-corrected chi connectivity index (χ2v) is 3.47. The average molecular weight is 247 g/mol. The van der Waals surface area contributed by atoms with Gasteiger partial charge in [0.1, 0.15) is 6.10 Å². The van der Waals surface area contributed by atoms with Gasteiger partial charge in [0.15, 0.2) is 0 Å². The smallest absolute Gasteiger partial charge is 0.339 e. The number of hydrogen-bond donors (Lipinski definition) is 2. The van der Waals surface area contributed by atoms with E-state index in [0.717, 1.165) is 13.8 Å². The number of hydrogen-bond acceptors (Lipinski definition) is 7. The maximum atomic E-state index is 11.0. The SMILES string of the molecule is CC(=O)OC(C=O)(OC(C)=O)C(O)CCCN. The maximum absolute atomic E-state index is 11.0. The summed E-state index contributed by atoms with van der Waals surface area (Å²) < 4.78 is 9.23. The molecule has 0 aliphatic heterocycles. The summed E-state index contributed by atoms with van der Waals surface area (Å²) in [6, 6.07) is 0. The summed E-state index contributed by atoms with van der Waals surface area (Å²) in [4.78, 5) is 32.7. The van der Waals surface area contributed by atoms with Gasteiger partial charge in [-0.05, 0) is 19.4 Å². The second-order valence-electron chi connectivity index (χ2n) is 3.47. The normalized spacial score (nSPS) is 12.7. The first kappa shape index (κ1) is 15.5. The number of ether oxygens (including phenoxy) is 2. The second kappa shape index (κ2) is 6.97. The van der Waals surface area contributed by atoms with Gasteiger partial charge in [0.05, 0.1) is 0 Å². The lowest BCUT2D eigenvalue weighted by Crippen LogP contribution is -2.51. The van der Waals surface area contributed by atoms with Crippen LogP contribution in [0.3, 0.4) is 0 Å².